The maximum atomic E-state index is 12.7. The molecule has 2 aromatic carbocycles. The van der Waals surface area contributed by atoms with Crippen LogP contribution < -0.4 is 0 Å². The molecule has 0 aromatic heterocycles. The fourth-order valence-corrected chi connectivity index (χ4v) is 2.59. The minimum Gasteiger partial charge on any atom is -0.466 e. The van der Waals surface area contributed by atoms with Crippen LogP contribution in [-0.4, -0.2) is 29.9 Å². The van der Waals surface area contributed by atoms with Crippen LogP contribution >= 0.6 is 0 Å². The quantitative estimate of drug-likeness (QED) is 0.518. The van der Waals surface area contributed by atoms with E-state index >= 15 is 0 Å². The fourth-order valence-electron chi connectivity index (χ4n) is 2.59. The van der Waals surface area contributed by atoms with Crippen LogP contribution in [0.15, 0.2) is 54.6 Å². The number of ether oxygens (including phenoxy) is 1. The number of nitrogens with zero attached hydrogens (tertiary/aromatic N) is 1. The van der Waals surface area contributed by atoms with Gasteiger partial charge in [0.05, 0.1) is 13.0 Å². The summed E-state index contributed by atoms with van der Waals surface area (Å²) in [6.07, 6.45) is 3.54. The van der Waals surface area contributed by atoms with Gasteiger partial charge in [0, 0.05) is 19.2 Å². The summed E-state index contributed by atoms with van der Waals surface area (Å²) in [4.78, 5) is 26.1. The summed E-state index contributed by atoms with van der Waals surface area (Å²) in [5.74, 6) is -0.415. The van der Waals surface area contributed by atoms with E-state index in [1.165, 1.54) is 11.1 Å². The number of hydrogen-bond acceptors (Lipinski definition) is 3. The Morgan fingerprint density at radius 2 is 1.56 bits per heavy atom. The molecule has 0 fully saturated rings. The average Bonchev–Trinajstić information content (AvgIpc) is 2.66. The molecule has 0 saturated heterocycles. The normalized spacial score (nSPS) is 10.8. The zero-order chi connectivity index (χ0) is 19.6. The van der Waals surface area contributed by atoms with Gasteiger partial charge in [-0.1, -0.05) is 59.7 Å². The lowest BCUT2D eigenvalue weighted by Crippen LogP contribution is -2.31. The Morgan fingerprint density at radius 1 is 0.963 bits per heavy atom. The molecule has 2 aromatic rings. The Labute approximate surface area is 161 Å². The number of esters is 1. The molecular formula is C23H27NO3. The Bertz CT molecular complexity index is 776. The second kappa shape index (κ2) is 10.3. The summed E-state index contributed by atoms with van der Waals surface area (Å²) >= 11 is 0. The second-order valence-electron chi connectivity index (χ2n) is 6.54. The minimum absolute atomic E-state index is 0.125. The molecule has 1 amide bonds. The van der Waals surface area contributed by atoms with Crippen molar-refractivity contribution in [3.63, 3.8) is 0 Å². The number of rotatable bonds is 8. The Hall–Kier alpha value is -2.88. The number of aryl methyl sites for hydroxylation is 2. The highest BCUT2D eigenvalue weighted by atomic mass is 16.5. The van der Waals surface area contributed by atoms with Crippen LogP contribution in [0.25, 0.3) is 6.08 Å². The van der Waals surface area contributed by atoms with Crippen molar-refractivity contribution in [1.82, 2.24) is 4.90 Å². The first-order chi connectivity index (χ1) is 13.0. The standard InChI is InChI=1S/C23H27NO3/c1-4-27-23(26)15-16-24(17-21-11-7-19(3)8-12-21)22(25)14-13-20-9-5-18(2)6-10-20/h5-14H,4,15-17H2,1-3H3/b14-13+. The third kappa shape index (κ3) is 7.10. The van der Waals surface area contributed by atoms with E-state index in [0.29, 0.717) is 19.7 Å². The summed E-state index contributed by atoms with van der Waals surface area (Å²) in [5, 5.41) is 0. The van der Waals surface area contributed by atoms with Gasteiger partial charge in [0.2, 0.25) is 5.91 Å². The van der Waals surface area contributed by atoms with E-state index in [2.05, 4.69) is 0 Å². The van der Waals surface area contributed by atoms with Crippen LogP contribution in [0.2, 0.25) is 0 Å². The molecule has 0 aliphatic rings. The van der Waals surface area contributed by atoms with E-state index < -0.39 is 0 Å². The first-order valence-corrected chi connectivity index (χ1v) is 9.22. The van der Waals surface area contributed by atoms with Gasteiger partial charge < -0.3 is 9.64 Å². The summed E-state index contributed by atoms with van der Waals surface area (Å²) in [6.45, 7) is 6.95. The summed E-state index contributed by atoms with van der Waals surface area (Å²) < 4.78 is 4.98. The van der Waals surface area contributed by atoms with Gasteiger partial charge >= 0.3 is 5.97 Å². The van der Waals surface area contributed by atoms with Gasteiger partial charge in [0.25, 0.3) is 0 Å². The molecule has 4 nitrogen and oxygen atoms in total. The Morgan fingerprint density at radius 3 is 2.15 bits per heavy atom. The molecule has 0 unspecified atom stereocenters. The highest BCUT2D eigenvalue weighted by molar-refractivity contribution is 5.92. The first kappa shape index (κ1) is 20.4. The highest BCUT2D eigenvalue weighted by Crippen LogP contribution is 2.10. The number of carbonyl (C=O) groups is 2. The molecule has 0 atom stereocenters. The lowest BCUT2D eigenvalue weighted by atomic mass is 10.1. The van der Waals surface area contributed by atoms with Crippen molar-refractivity contribution in [3.8, 4) is 0 Å². The average molecular weight is 365 g/mol. The summed E-state index contributed by atoms with van der Waals surface area (Å²) in [7, 11) is 0. The highest BCUT2D eigenvalue weighted by Gasteiger charge is 2.14. The number of amides is 1. The third-order valence-corrected chi connectivity index (χ3v) is 4.19. The van der Waals surface area contributed by atoms with Crippen molar-refractivity contribution in [2.75, 3.05) is 13.2 Å². The summed E-state index contributed by atoms with van der Waals surface area (Å²) in [6, 6.07) is 16.0. The van der Waals surface area contributed by atoms with E-state index in [0.717, 1.165) is 11.1 Å². The van der Waals surface area contributed by atoms with Crippen molar-refractivity contribution >= 4 is 18.0 Å². The minimum atomic E-state index is -0.290. The predicted octanol–water partition coefficient (Wildman–Crippen LogP) is 4.30. The molecule has 0 spiro atoms. The second-order valence-corrected chi connectivity index (χ2v) is 6.54. The monoisotopic (exact) mass is 365 g/mol. The first-order valence-electron chi connectivity index (χ1n) is 9.22. The molecule has 0 N–H and O–H groups in total. The molecule has 0 heterocycles. The van der Waals surface area contributed by atoms with E-state index in [9.17, 15) is 9.59 Å². The van der Waals surface area contributed by atoms with Crippen molar-refractivity contribution in [2.24, 2.45) is 0 Å². The molecule has 142 valence electrons. The SMILES string of the molecule is CCOC(=O)CCN(Cc1ccc(C)cc1)C(=O)/C=C/c1ccc(C)cc1. The summed E-state index contributed by atoms with van der Waals surface area (Å²) in [5.41, 5.74) is 4.34. The lowest BCUT2D eigenvalue weighted by Gasteiger charge is -2.21. The molecule has 0 aliphatic carbocycles. The Balaban J connectivity index is 2.08. The largest absolute Gasteiger partial charge is 0.466 e. The van der Waals surface area contributed by atoms with Crippen LogP contribution in [0.5, 0.6) is 0 Å². The topological polar surface area (TPSA) is 46.6 Å². The zero-order valence-electron chi connectivity index (χ0n) is 16.3. The van der Waals surface area contributed by atoms with Gasteiger partial charge in [-0.15, -0.1) is 0 Å². The van der Waals surface area contributed by atoms with Gasteiger partial charge in [0.1, 0.15) is 0 Å². The van der Waals surface area contributed by atoms with Crippen molar-refractivity contribution in [2.45, 2.75) is 33.7 Å². The van der Waals surface area contributed by atoms with Crippen LogP contribution in [0, 0.1) is 13.8 Å². The molecule has 0 bridgehead atoms. The van der Waals surface area contributed by atoms with Crippen LogP contribution in [0.3, 0.4) is 0 Å². The molecular weight excluding hydrogens is 338 g/mol. The van der Waals surface area contributed by atoms with Gasteiger partial charge in [-0.25, -0.2) is 0 Å². The van der Waals surface area contributed by atoms with E-state index in [4.69, 9.17) is 4.74 Å². The van der Waals surface area contributed by atoms with Crippen molar-refractivity contribution in [3.05, 3.63) is 76.9 Å². The third-order valence-electron chi connectivity index (χ3n) is 4.19. The predicted molar refractivity (Wildman–Crippen MR) is 108 cm³/mol. The fraction of sp³-hybridized carbons (Fsp3) is 0.304. The molecule has 0 saturated carbocycles. The van der Waals surface area contributed by atoms with Gasteiger partial charge in [0.15, 0.2) is 0 Å². The smallest absolute Gasteiger partial charge is 0.307 e. The molecule has 2 rings (SSSR count). The molecule has 0 radical (unpaired) electrons. The number of benzene rings is 2. The van der Waals surface area contributed by atoms with Gasteiger partial charge in [-0.3, -0.25) is 9.59 Å². The lowest BCUT2D eigenvalue weighted by molar-refractivity contribution is -0.143. The number of carbonyl (C=O) groups excluding carboxylic acids is 2. The molecule has 0 aliphatic heterocycles. The van der Waals surface area contributed by atoms with E-state index in [-0.39, 0.29) is 18.3 Å². The molecule has 4 heteroatoms. The van der Waals surface area contributed by atoms with Crippen molar-refractivity contribution in [1.29, 1.82) is 0 Å². The van der Waals surface area contributed by atoms with Crippen molar-refractivity contribution < 1.29 is 14.3 Å². The van der Waals surface area contributed by atoms with Crippen LogP contribution in [-0.2, 0) is 20.9 Å². The maximum Gasteiger partial charge on any atom is 0.307 e. The number of hydrogen-bond donors (Lipinski definition) is 0. The van der Waals surface area contributed by atoms with Crippen LogP contribution in [0.4, 0.5) is 0 Å². The van der Waals surface area contributed by atoms with E-state index in [1.807, 2.05) is 62.4 Å². The Kier molecular flexibility index (Phi) is 7.80. The van der Waals surface area contributed by atoms with Gasteiger partial charge in [-0.2, -0.15) is 0 Å². The van der Waals surface area contributed by atoms with E-state index in [1.54, 1.807) is 24.0 Å². The molecule has 27 heavy (non-hydrogen) atoms. The zero-order valence-corrected chi connectivity index (χ0v) is 16.3. The van der Waals surface area contributed by atoms with Crippen LogP contribution in [0.1, 0.15) is 35.6 Å². The maximum absolute atomic E-state index is 12.7. The van der Waals surface area contributed by atoms with Gasteiger partial charge in [-0.05, 0) is 38.0 Å².